The molecule has 0 aromatic heterocycles. The van der Waals surface area contributed by atoms with Crippen molar-refractivity contribution < 1.29 is 14.6 Å². The van der Waals surface area contributed by atoms with E-state index in [2.05, 4.69) is 5.32 Å². The first-order valence-electron chi connectivity index (χ1n) is 3.02. The molecule has 5 heteroatoms. The van der Waals surface area contributed by atoms with Gasteiger partial charge in [0.05, 0.1) is 13.2 Å². The zero-order chi connectivity index (χ0) is 7.82. The lowest BCUT2D eigenvalue weighted by Crippen LogP contribution is -2.25. The minimum Gasteiger partial charge on any atom is -0.465 e. The maximum Gasteiger partial charge on any atom is 0.404 e. The number of rotatable bonds is 5. The summed E-state index contributed by atoms with van der Waals surface area (Å²) in [6, 6.07) is 0. The average molecular weight is 148 g/mol. The molecule has 5 nitrogen and oxygen atoms in total. The van der Waals surface area contributed by atoms with Crippen LogP contribution >= 0.6 is 0 Å². The molecule has 1 amide bonds. The molecule has 0 aliphatic rings. The predicted octanol–water partition coefficient (Wildman–Crippen LogP) is -0.771. The molecule has 0 rings (SSSR count). The van der Waals surface area contributed by atoms with Gasteiger partial charge in [0.15, 0.2) is 0 Å². The first-order valence-corrected chi connectivity index (χ1v) is 3.02. The van der Waals surface area contributed by atoms with E-state index in [9.17, 15) is 4.79 Å². The van der Waals surface area contributed by atoms with E-state index in [0.29, 0.717) is 26.3 Å². The summed E-state index contributed by atoms with van der Waals surface area (Å²) in [6.07, 6.45) is -1.03. The van der Waals surface area contributed by atoms with E-state index in [1.54, 1.807) is 0 Å². The van der Waals surface area contributed by atoms with E-state index in [1.165, 1.54) is 0 Å². The van der Waals surface area contributed by atoms with Gasteiger partial charge in [-0.15, -0.1) is 0 Å². The van der Waals surface area contributed by atoms with Crippen molar-refractivity contribution in [1.82, 2.24) is 5.32 Å². The van der Waals surface area contributed by atoms with Crippen LogP contribution in [-0.2, 0) is 4.74 Å². The van der Waals surface area contributed by atoms with Crippen molar-refractivity contribution in [2.45, 2.75) is 0 Å². The van der Waals surface area contributed by atoms with Crippen molar-refractivity contribution in [1.29, 1.82) is 0 Å². The molecule has 0 saturated carbocycles. The Morgan fingerprint density at radius 3 is 2.80 bits per heavy atom. The first-order chi connectivity index (χ1) is 4.77. The summed E-state index contributed by atoms with van der Waals surface area (Å²) in [5.74, 6) is 0. The Labute approximate surface area is 59.2 Å². The highest BCUT2D eigenvalue weighted by molar-refractivity contribution is 5.64. The van der Waals surface area contributed by atoms with Crippen LogP contribution in [0.2, 0.25) is 0 Å². The van der Waals surface area contributed by atoms with Crippen LogP contribution in [0.5, 0.6) is 0 Å². The van der Waals surface area contributed by atoms with Crippen LogP contribution in [-0.4, -0.2) is 37.5 Å². The van der Waals surface area contributed by atoms with Gasteiger partial charge in [0.2, 0.25) is 0 Å². The maximum absolute atomic E-state index is 9.84. The molecule has 0 saturated heterocycles. The van der Waals surface area contributed by atoms with Gasteiger partial charge >= 0.3 is 6.09 Å². The van der Waals surface area contributed by atoms with Gasteiger partial charge in [-0.3, -0.25) is 0 Å². The van der Waals surface area contributed by atoms with Gasteiger partial charge in [-0.1, -0.05) is 0 Å². The summed E-state index contributed by atoms with van der Waals surface area (Å²) in [5, 5.41) is 10.2. The molecule has 10 heavy (non-hydrogen) atoms. The molecular formula is C5H12N2O3. The third kappa shape index (κ3) is 7.19. The molecule has 0 aromatic carbocycles. The fraction of sp³-hybridized carbons (Fsp3) is 0.800. The Hall–Kier alpha value is -0.810. The monoisotopic (exact) mass is 148 g/mol. The van der Waals surface area contributed by atoms with Gasteiger partial charge in [0.1, 0.15) is 0 Å². The highest BCUT2D eigenvalue weighted by atomic mass is 16.5. The van der Waals surface area contributed by atoms with Crippen LogP contribution in [0.25, 0.3) is 0 Å². The van der Waals surface area contributed by atoms with Gasteiger partial charge in [-0.25, -0.2) is 4.79 Å². The molecule has 60 valence electrons. The molecule has 0 spiro atoms. The number of ether oxygens (including phenoxy) is 1. The zero-order valence-corrected chi connectivity index (χ0v) is 5.67. The fourth-order valence-electron chi connectivity index (χ4n) is 0.416. The predicted molar refractivity (Wildman–Crippen MR) is 35.9 cm³/mol. The fourth-order valence-corrected chi connectivity index (χ4v) is 0.416. The second kappa shape index (κ2) is 6.31. The van der Waals surface area contributed by atoms with Crippen LogP contribution in [0.3, 0.4) is 0 Å². The van der Waals surface area contributed by atoms with Gasteiger partial charge in [0, 0.05) is 13.1 Å². The lowest BCUT2D eigenvalue weighted by atomic mass is 10.6. The zero-order valence-electron chi connectivity index (χ0n) is 5.67. The van der Waals surface area contributed by atoms with E-state index in [0.717, 1.165) is 0 Å². The van der Waals surface area contributed by atoms with Crippen molar-refractivity contribution in [3.63, 3.8) is 0 Å². The lowest BCUT2D eigenvalue weighted by molar-refractivity contribution is 0.139. The number of carboxylic acid groups (broad SMARTS) is 1. The minimum atomic E-state index is -1.03. The van der Waals surface area contributed by atoms with Crippen LogP contribution in [0.1, 0.15) is 0 Å². The molecule has 0 unspecified atom stereocenters. The molecule has 0 fully saturated rings. The number of hydrogen-bond donors (Lipinski definition) is 3. The second-order valence-electron chi connectivity index (χ2n) is 1.63. The quantitative estimate of drug-likeness (QED) is 0.447. The maximum atomic E-state index is 9.84. The number of carbonyl (C=O) groups is 1. The van der Waals surface area contributed by atoms with E-state index in [1.807, 2.05) is 0 Å². The second-order valence-corrected chi connectivity index (χ2v) is 1.63. The topological polar surface area (TPSA) is 84.6 Å². The number of amides is 1. The third-order valence-electron chi connectivity index (χ3n) is 0.785. The molecular weight excluding hydrogens is 136 g/mol. The van der Waals surface area contributed by atoms with E-state index in [-0.39, 0.29) is 0 Å². The van der Waals surface area contributed by atoms with Gasteiger partial charge in [-0.05, 0) is 0 Å². The highest BCUT2D eigenvalue weighted by Crippen LogP contribution is 1.69. The van der Waals surface area contributed by atoms with Gasteiger partial charge in [-0.2, -0.15) is 0 Å². The van der Waals surface area contributed by atoms with Crippen LogP contribution in [0, 0.1) is 0 Å². The summed E-state index contributed by atoms with van der Waals surface area (Å²) >= 11 is 0. The Kier molecular flexibility index (Phi) is 5.80. The van der Waals surface area contributed by atoms with Crippen molar-refractivity contribution in [3.05, 3.63) is 0 Å². The molecule has 0 aliphatic heterocycles. The SMILES string of the molecule is NCCOCCNC(=O)O. The standard InChI is InChI=1S/C5H12N2O3/c6-1-3-10-4-2-7-5(8)9/h7H,1-4,6H2,(H,8,9). The molecule has 4 N–H and O–H groups in total. The minimum absolute atomic E-state index is 0.315. The van der Waals surface area contributed by atoms with Crippen molar-refractivity contribution in [3.8, 4) is 0 Å². The summed E-state index contributed by atoms with van der Waals surface area (Å²) in [4.78, 5) is 9.84. The van der Waals surface area contributed by atoms with Crippen molar-refractivity contribution >= 4 is 6.09 Å². The summed E-state index contributed by atoms with van der Waals surface area (Å²) < 4.78 is 4.88. The Balaban J connectivity index is 2.84. The summed E-state index contributed by atoms with van der Waals surface area (Å²) in [7, 11) is 0. The first kappa shape index (κ1) is 9.19. The normalized spacial score (nSPS) is 9.30. The Morgan fingerprint density at radius 1 is 1.60 bits per heavy atom. The van der Waals surface area contributed by atoms with Gasteiger partial charge < -0.3 is 20.9 Å². The van der Waals surface area contributed by atoms with Crippen LogP contribution in [0.4, 0.5) is 4.79 Å². The van der Waals surface area contributed by atoms with E-state index in [4.69, 9.17) is 15.6 Å². The molecule has 0 atom stereocenters. The number of nitrogens with one attached hydrogen (secondary N) is 1. The van der Waals surface area contributed by atoms with Gasteiger partial charge in [0.25, 0.3) is 0 Å². The Morgan fingerprint density at radius 2 is 2.30 bits per heavy atom. The lowest BCUT2D eigenvalue weighted by Gasteiger charge is -2.00. The van der Waals surface area contributed by atoms with Crippen molar-refractivity contribution in [2.75, 3.05) is 26.3 Å². The molecule has 0 bridgehead atoms. The van der Waals surface area contributed by atoms with E-state index < -0.39 is 6.09 Å². The highest BCUT2D eigenvalue weighted by Gasteiger charge is 1.91. The molecule has 0 heterocycles. The van der Waals surface area contributed by atoms with Crippen molar-refractivity contribution in [2.24, 2.45) is 5.73 Å². The average Bonchev–Trinajstić information content (AvgIpc) is 1.87. The summed E-state index contributed by atoms with van der Waals surface area (Å²) in [6.45, 7) is 1.63. The van der Waals surface area contributed by atoms with E-state index >= 15 is 0 Å². The molecule has 0 radical (unpaired) electrons. The number of hydrogen-bond acceptors (Lipinski definition) is 3. The van der Waals surface area contributed by atoms with Crippen LogP contribution < -0.4 is 11.1 Å². The molecule has 0 aromatic rings. The summed E-state index contributed by atoms with van der Waals surface area (Å²) in [5.41, 5.74) is 5.11. The molecule has 0 aliphatic carbocycles. The smallest absolute Gasteiger partial charge is 0.404 e. The third-order valence-corrected chi connectivity index (χ3v) is 0.785. The Bertz CT molecular complexity index is 96.9. The van der Waals surface area contributed by atoms with Crippen LogP contribution in [0.15, 0.2) is 0 Å². The largest absolute Gasteiger partial charge is 0.465 e. The number of nitrogens with two attached hydrogens (primary N) is 1.